The number of unbranched alkanes of at least 4 members (excludes halogenated alkanes) is 2. The first-order valence-corrected chi connectivity index (χ1v) is 7.37. The van der Waals surface area contributed by atoms with Crippen molar-refractivity contribution in [2.45, 2.75) is 52.5 Å². The first-order valence-electron chi connectivity index (χ1n) is 6.55. The number of hydrogen-bond acceptors (Lipinski definition) is 5. The Morgan fingerprint density at radius 1 is 1.33 bits per heavy atom. The molecule has 6 heteroatoms. The summed E-state index contributed by atoms with van der Waals surface area (Å²) in [7, 11) is 0. The minimum atomic E-state index is -0.124. The summed E-state index contributed by atoms with van der Waals surface area (Å²) in [4.78, 5) is 11.9. The molecule has 1 aromatic rings. The van der Waals surface area contributed by atoms with E-state index in [1.807, 2.05) is 13.8 Å². The molecule has 0 radical (unpaired) electrons. The number of nitrogens with one attached hydrogen (secondary N) is 2. The Morgan fingerprint density at radius 2 is 2.11 bits per heavy atom. The molecule has 0 saturated heterocycles. The number of aromatic nitrogens is 2. The van der Waals surface area contributed by atoms with E-state index < -0.39 is 0 Å². The zero-order valence-corrected chi connectivity index (χ0v) is 12.1. The van der Waals surface area contributed by atoms with E-state index in [0.717, 1.165) is 19.4 Å². The van der Waals surface area contributed by atoms with Gasteiger partial charge in [-0.15, -0.1) is 10.2 Å². The summed E-state index contributed by atoms with van der Waals surface area (Å²) in [6.45, 7) is 6.97. The smallest absolute Gasteiger partial charge is 0.282 e. The Morgan fingerprint density at radius 3 is 2.78 bits per heavy atom. The number of nitrogens with zero attached hydrogens (tertiary/aromatic N) is 2. The van der Waals surface area contributed by atoms with Crippen LogP contribution < -0.4 is 10.6 Å². The van der Waals surface area contributed by atoms with Gasteiger partial charge in [0.05, 0.1) is 0 Å². The third-order valence-electron chi connectivity index (χ3n) is 2.57. The molecule has 1 unspecified atom stereocenters. The lowest BCUT2D eigenvalue weighted by Crippen LogP contribution is -2.32. The fourth-order valence-corrected chi connectivity index (χ4v) is 2.31. The first-order chi connectivity index (χ1) is 8.67. The van der Waals surface area contributed by atoms with Gasteiger partial charge in [0, 0.05) is 12.6 Å². The number of carbonyl (C=O) groups is 1. The third kappa shape index (κ3) is 5.00. The fraction of sp³-hybridized carbons (Fsp3) is 0.750. The molecular weight excluding hydrogens is 248 g/mol. The second-order valence-corrected chi connectivity index (χ2v) is 5.29. The Balaban J connectivity index is 2.38. The van der Waals surface area contributed by atoms with Crippen molar-refractivity contribution in [1.29, 1.82) is 0 Å². The predicted octanol–water partition coefficient (Wildman–Crippen LogP) is 2.67. The van der Waals surface area contributed by atoms with Crippen LogP contribution in [-0.2, 0) is 0 Å². The van der Waals surface area contributed by atoms with Crippen LogP contribution in [0, 0.1) is 0 Å². The highest BCUT2D eigenvalue weighted by atomic mass is 32.1. The predicted molar refractivity (Wildman–Crippen MR) is 75.1 cm³/mol. The average molecular weight is 270 g/mol. The van der Waals surface area contributed by atoms with Crippen molar-refractivity contribution in [3.05, 3.63) is 5.01 Å². The molecule has 0 aromatic carbocycles. The van der Waals surface area contributed by atoms with Gasteiger partial charge in [-0.25, -0.2) is 0 Å². The van der Waals surface area contributed by atoms with Crippen LogP contribution in [0.5, 0.6) is 0 Å². The Bertz CT molecular complexity index is 367. The summed E-state index contributed by atoms with van der Waals surface area (Å²) < 4.78 is 0. The van der Waals surface area contributed by atoms with Gasteiger partial charge in [-0.05, 0) is 20.3 Å². The van der Waals surface area contributed by atoms with Gasteiger partial charge in [0.15, 0.2) is 0 Å². The maximum atomic E-state index is 11.9. The SMILES string of the molecule is CCCCCC(C)NC(=O)c1nnc(NCC)s1. The van der Waals surface area contributed by atoms with Crippen LogP contribution in [0.2, 0.25) is 0 Å². The quantitative estimate of drug-likeness (QED) is 0.713. The maximum Gasteiger partial charge on any atom is 0.282 e. The monoisotopic (exact) mass is 270 g/mol. The summed E-state index contributed by atoms with van der Waals surface area (Å²) in [5, 5.41) is 14.9. The second-order valence-electron chi connectivity index (χ2n) is 4.31. The van der Waals surface area contributed by atoms with Gasteiger partial charge in [0.25, 0.3) is 5.91 Å². The molecule has 0 bridgehead atoms. The van der Waals surface area contributed by atoms with E-state index in [-0.39, 0.29) is 11.9 Å². The van der Waals surface area contributed by atoms with Crippen molar-refractivity contribution >= 4 is 22.4 Å². The molecule has 2 N–H and O–H groups in total. The van der Waals surface area contributed by atoms with Crippen LogP contribution in [0.4, 0.5) is 5.13 Å². The van der Waals surface area contributed by atoms with Gasteiger partial charge < -0.3 is 10.6 Å². The number of carbonyl (C=O) groups excluding carboxylic acids is 1. The van der Waals surface area contributed by atoms with E-state index in [4.69, 9.17) is 0 Å². The maximum absolute atomic E-state index is 11.9. The molecule has 18 heavy (non-hydrogen) atoms. The molecule has 1 aromatic heterocycles. The lowest BCUT2D eigenvalue weighted by molar-refractivity contribution is 0.0937. The van der Waals surface area contributed by atoms with Crippen LogP contribution in [-0.4, -0.2) is 28.7 Å². The summed E-state index contributed by atoms with van der Waals surface area (Å²) >= 11 is 1.29. The van der Waals surface area contributed by atoms with Crippen molar-refractivity contribution in [3.8, 4) is 0 Å². The molecule has 1 amide bonds. The van der Waals surface area contributed by atoms with Crippen LogP contribution >= 0.6 is 11.3 Å². The molecule has 102 valence electrons. The van der Waals surface area contributed by atoms with E-state index in [9.17, 15) is 4.79 Å². The van der Waals surface area contributed by atoms with Crippen LogP contribution in [0.15, 0.2) is 0 Å². The van der Waals surface area contributed by atoms with Crippen molar-refractivity contribution in [3.63, 3.8) is 0 Å². The Labute approximate surface area is 112 Å². The van der Waals surface area contributed by atoms with E-state index in [0.29, 0.717) is 10.1 Å². The van der Waals surface area contributed by atoms with Crippen LogP contribution in [0.1, 0.15) is 56.3 Å². The van der Waals surface area contributed by atoms with Crippen molar-refractivity contribution < 1.29 is 4.79 Å². The van der Waals surface area contributed by atoms with E-state index in [1.54, 1.807) is 0 Å². The van der Waals surface area contributed by atoms with Crippen LogP contribution in [0.3, 0.4) is 0 Å². The topological polar surface area (TPSA) is 66.9 Å². The zero-order valence-electron chi connectivity index (χ0n) is 11.3. The number of anilines is 1. The van der Waals surface area contributed by atoms with Gasteiger partial charge in [-0.2, -0.15) is 0 Å². The zero-order chi connectivity index (χ0) is 13.4. The van der Waals surface area contributed by atoms with Gasteiger partial charge in [0.1, 0.15) is 0 Å². The fourth-order valence-electron chi connectivity index (χ4n) is 1.60. The normalized spacial score (nSPS) is 12.2. The lowest BCUT2D eigenvalue weighted by atomic mass is 10.1. The molecule has 0 fully saturated rings. The average Bonchev–Trinajstić information content (AvgIpc) is 2.78. The molecule has 0 aliphatic heterocycles. The molecule has 0 spiro atoms. The van der Waals surface area contributed by atoms with E-state index in [1.165, 1.54) is 24.2 Å². The second kappa shape index (κ2) is 8.02. The minimum Gasteiger partial charge on any atom is -0.360 e. The van der Waals surface area contributed by atoms with E-state index >= 15 is 0 Å². The number of hydrogen-bond donors (Lipinski definition) is 2. The molecule has 1 rings (SSSR count). The molecule has 1 heterocycles. The Kier molecular flexibility index (Phi) is 6.64. The minimum absolute atomic E-state index is 0.124. The van der Waals surface area contributed by atoms with Crippen molar-refractivity contribution in [1.82, 2.24) is 15.5 Å². The van der Waals surface area contributed by atoms with Crippen molar-refractivity contribution in [2.75, 3.05) is 11.9 Å². The standard InChI is InChI=1S/C12H22N4OS/c1-4-6-7-8-9(3)14-10(17)11-15-16-12(18-11)13-5-2/h9H,4-8H2,1-3H3,(H,13,16)(H,14,17). The summed E-state index contributed by atoms with van der Waals surface area (Å²) in [5.41, 5.74) is 0. The largest absolute Gasteiger partial charge is 0.360 e. The highest BCUT2D eigenvalue weighted by molar-refractivity contribution is 7.17. The van der Waals surface area contributed by atoms with Crippen molar-refractivity contribution in [2.24, 2.45) is 0 Å². The third-order valence-corrected chi connectivity index (χ3v) is 3.45. The summed E-state index contributed by atoms with van der Waals surface area (Å²) in [6.07, 6.45) is 4.57. The highest BCUT2D eigenvalue weighted by Gasteiger charge is 2.14. The number of amides is 1. The molecule has 1 atom stereocenters. The van der Waals surface area contributed by atoms with Gasteiger partial charge in [-0.1, -0.05) is 37.5 Å². The van der Waals surface area contributed by atoms with E-state index in [2.05, 4.69) is 27.8 Å². The Hall–Kier alpha value is -1.17. The van der Waals surface area contributed by atoms with Gasteiger partial charge in [-0.3, -0.25) is 4.79 Å². The lowest BCUT2D eigenvalue weighted by Gasteiger charge is -2.11. The first kappa shape index (κ1) is 14.9. The van der Waals surface area contributed by atoms with Gasteiger partial charge >= 0.3 is 0 Å². The molecule has 0 aliphatic rings. The van der Waals surface area contributed by atoms with Crippen LogP contribution in [0.25, 0.3) is 0 Å². The molecular formula is C12H22N4OS. The highest BCUT2D eigenvalue weighted by Crippen LogP contribution is 2.15. The number of rotatable bonds is 8. The summed E-state index contributed by atoms with van der Waals surface area (Å²) in [5.74, 6) is -0.124. The molecule has 5 nitrogen and oxygen atoms in total. The summed E-state index contributed by atoms with van der Waals surface area (Å²) in [6, 6.07) is 0.190. The molecule has 0 aliphatic carbocycles. The van der Waals surface area contributed by atoms with Gasteiger partial charge in [0.2, 0.25) is 10.1 Å². The molecule has 0 saturated carbocycles.